The quantitative estimate of drug-likeness (QED) is 0.482. The predicted octanol–water partition coefficient (Wildman–Crippen LogP) is 1.86. The Morgan fingerprint density at radius 3 is 2.64 bits per heavy atom. The number of amides is 3. The van der Waals surface area contributed by atoms with Crippen molar-refractivity contribution in [3.05, 3.63) is 65.7 Å². The normalized spacial score (nSPS) is 19.5. The zero-order valence-corrected chi connectivity index (χ0v) is 23.9. The van der Waals surface area contributed by atoms with Gasteiger partial charge in [-0.15, -0.1) is 0 Å². The number of carbonyl (C=O) groups excluding carboxylic acids is 3. The van der Waals surface area contributed by atoms with Gasteiger partial charge in [-0.25, -0.2) is 4.98 Å². The molecule has 222 valence electrons. The van der Waals surface area contributed by atoms with Crippen molar-refractivity contribution in [2.24, 2.45) is 7.05 Å². The van der Waals surface area contributed by atoms with Crippen LogP contribution in [0.15, 0.2) is 48.8 Å². The molecule has 3 amide bonds. The molecule has 0 saturated carbocycles. The van der Waals surface area contributed by atoms with Crippen LogP contribution in [0.2, 0.25) is 0 Å². The monoisotopic (exact) mass is 577 g/mol. The largest absolute Gasteiger partial charge is 0.496 e. The average Bonchev–Trinajstić information content (AvgIpc) is 3.43. The van der Waals surface area contributed by atoms with Crippen molar-refractivity contribution >= 4 is 17.7 Å². The summed E-state index contributed by atoms with van der Waals surface area (Å²) in [6, 6.07) is 10.3. The van der Waals surface area contributed by atoms with E-state index in [1.54, 1.807) is 54.2 Å². The van der Waals surface area contributed by atoms with Crippen molar-refractivity contribution in [1.29, 1.82) is 0 Å². The van der Waals surface area contributed by atoms with E-state index in [0.29, 0.717) is 54.8 Å². The smallest absolute Gasteiger partial charge is 0.289 e. The number of benzene rings is 2. The minimum Gasteiger partial charge on any atom is -0.496 e. The number of carbonyl (C=O) groups is 3. The number of aromatic nitrogens is 2. The van der Waals surface area contributed by atoms with Crippen LogP contribution in [0.5, 0.6) is 23.0 Å². The lowest BCUT2D eigenvalue weighted by atomic mass is 10.0. The standard InChI is InChI=1S/C30H35N5O7/c1-34-13-11-31-29(34)30(38)35-12-10-23-22(17-35)33-28(37)18-41-26-14-19(4-8-24(26)39-2)5-9-27(36)32-16-20-6-7-21(42-23)15-25(20)40-3/h4,6-8,11,13-15,22-23H,5,9-10,12,16-18H2,1-3H3,(H,32,36)(H,33,37)/t22-,23+/m1/s1. The van der Waals surface area contributed by atoms with Crippen LogP contribution >= 0.6 is 0 Å². The van der Waals surface area contributed by atoms with Crippen LogP contribution in [-0.4, -0.2) is 78.2 Å². The van der Waals surface area contributed by atoms with Gasteiger partial charge in [0.25, 0.3) is 11.8 Å². The summed E-state index contributed by atoms with van der Waals surface area (Å²) < 4.78 is 24.9. The number of hydrogen-bond donors (Lipinski definition) is 2. The Labute approximate surface area is 243 Å². The van der Waals surface area contributed by atoms with Gasteiger partial charge in [-0.1, -0.05) is 6.07 Å². The van der Waals surface area contributed by atoms with Crippen LogP contribution < -0.4 is 29.6 Å². The minimum absolute atomic E-state index is 0.109. The maximum absolute atomic E-state index is 13.2. The van der Waals surface area contributed by atoms with Crippen LogP contribution in [0.1, 0.15) is 34.6 Å². The van der Waals surface area contributed by atoms with Crippen molar-refractivity contribution < 1.29 is 33.3 Å². The zero-order chi connectivity index (χ0) is 29.6. The van der Waals surface area contributed by atoms with E-state index in [1.165, 1.54) is 7.11 Å². The molecular formula is C30H35N5O7. The maximum Gasteiger partial charge on any atom is 0.289 e. The third kappa shape index (κ3) is 6.59. The Morgan fingerprint density at radius 2 is 1.88 bits per heavy atom. The topological polar surface area (TPSA) is 133 Å². The fraction of sp³-hybridized carbons (Fsp3) is 0.400. The molecule has 2 N–H and O–H groups in total. The summed E-state index contributed by atoms with van der Waals surface area (Å²) in [5, 5.41) is 5.96. The highest BCUT2D eigenvalue weighted by molar-refractivity contribution is 5.91. The number of likely N-dealkylation sites (tertiary alicyclic amines) is 1. The van der Waals surface area contributed by atoms with Gasteiger partial charge in [0.15, 0.2) is 23.9 Å². The van der Waals surface area contributed by atoms with Gasteiger partial charge in [-0.2, -0.15) is 0 Å². The van der Waals surface area contributed by atoms with Gasteiger partial charge in [0, 0.05) is 63.5 Å². The van der Waals surface area contributed by atoms with E-state index < -0.39 is 12.1 Å². The van der Waals surface area contributed by atoms with Crippen molar-refractivity contribution in [3.8, 4) is 23.0 Å². The van der Waals surface area contributed by atoms with Crippen molar-refractivity contribution in [3.63, 3.8) is 0 Å². The van der Waals surface area contributed by atoms with Gasteiger partial charge in [-0.3, -0.25) is 14.4 Å². The highest BCUT2D eigenvalue weighted by Crippen LogP contribution is 2.30. The molecule has 42 heavy (non-hydrogen) atoms. The van der Waals surface area contributed by atoms with Gasteiger partial charge in [-0.05, 0) is 36.2 Å². The van der Waals surface area contributed by atoms with E-state index >= 15 is 0 Å². The first-order valence-corrected chi connectivity index (χ1v) is 13.8. The number of methoxy groups -OCH3 is 2. The molecule has 1 saturated heterocycles. The van der Waals surface area contributed by atoms with E-state index in [9.17, 15) is 14.4 Å². The number of rotatable bonds is 3. The lowest BCUT2D eigenvalue weighted by Crippen LogP contribution is -2.58. The van der Waals surface area contributed by atoms with Gasteiger partial charge in [0.05, 0.1) is 20.3 Å². The van der Waals surface area contributed by atoms with E-state index in [0.717, 1.165) is 11.1 Å². The molecule has 0 radical (unpaired) electrons. The molecule has 12 nitrogen and oxygen atoms in total. The number of nitrogens with one attached hydrogen (secondary N) is 2. The molecule has 0 unspecified atom stereocenters. The number of aryl methyl sites for hydroxylation is 2. The van der Waals surface area contributed by atoms with Crippen LogP contribution in [0, 0.1) is 0 Å². The Hall–Kier alpha value is -4.74. The van der Waals surface area contributed by atoms with Gasteiger partial charge in [0.2, 0.25) is 5.91 Å². The van der Waals surface area contributed by atoms with Crippen LogP contribution in [0.4, 0.5) is 0 Å². The highest BCUT2D eigenvalue weighted by Gasteiger charge is 2.35. The first kappa shape index (κ1) is 28.8. The van der Waals surface area contributed by atoms with Gasteiger partial charge < -0.3 is 39.0 Å². The van der Waals surface area contributed by atoms with E-state index in [1.807, 2.05) is 18.2 Å². The van der Waals surface area contributed by atoms with Gasteiger partial charge in [0.1, 0.15) is 17.6 Å². The Balaban J connectivity index is 1.42. The lowest BCUT2D eigenvalue weighted by Gasteiger charge is -2.38. The Kier molecular flexibility index (Phi) is 8.80. The number of nitrogens with zero attached hydrogens (tertiary/aromatic N) is 3. The number of fused-ring (bicyclic) bond motifs is 9. The molecule has 2 atom stereocenters. The van der Waals surface area contributed by atoms with Crippen molar-refractivity contribution in [2.75, 3.05) is 33.9 Å². The molecule has 3 aliphatic heterocycles. The molecule has 1 fully saturated rings. The summed E-state index contributed by atoms with van der Waals surface area (Å²) in [5.41, 5.74) is 1.67. The fourth-order valence-corrected chi connectivity index (χ4v) is 5.15. The summed E-state index contributed by atoms with van der Waals surface area (Å²) in [6.45, 7) is 0.664. The molecule has 3 aliphatic rings. The molecule has 12 heteroatoms. The summed E-state index contributed by atoms with van der Waals surface area (Å²) in [4.78, 5) is 44.9. The molecule has 4 bridgehead atoms. The van der Waals surface area contributed by atoms with Gasteiger partial charge >= 0.3 is 0 Å². The average molecular weight is 578 g/mol. The molecule has 1 aromatic heterocycles. The summed E-state index contributed by atoms with van der Waals surface area (Å²) in [6.07, 6.45) is 4.07. The first-order valence-electron chi connectivity index (χ1n) is 13.8. The highest BCUT2D eigenvalue weighted by atomic mass is 16.5. The van der Waals surface area contributed by atoms with E-state index in [4.69, 9.17) is 18.9 Å². The third-order valence-electron chi connectivity index (χ3n) is 7.45. The second-order valence-corrected chi connectivity index (χ2v) is 10.3. The minimum atomic E-state index is -0.528. The Bertz CT molecular complexity index is 1460. The molecule has 6 rings (SSSR count). The van der Waals surface area contributed by atoms with E-state index in [-0.39, 0.29) is 37.3 Å². The first-order chi connectivity index (χ1) is 20.3. The van der Waals surface area contributed by atoms with E-state index in [2.05, 4.69) is 15.6 Å². The second-order valence-electron chi connectivity index (χ2n) is 10.3. The van der Waals surface area contributed by atoms with Crippen LogP contribution in [0.3, 0.4) is 0 Å². The van der Waals surface area contributed by atoms with Crippen LogP contribution in [0.25, 0.3) is 0 Å². The maximum atomic E-state index is 13.2. The molecular weight excluding hydrogens is 542 g/mol. The number of imidazole rings is 1. The summed E-state index contributed by atoms with van der Waals surface area (Å²) >= 11 is 0. The van der Waals surface area contributed by atoms with Crippen LogP contribution in [-0.2, 0) is 29.6 Å². The fourth-order valence-electron chi connectivity index (χ4n) is 5.15. The molecule has 0 spiro atoms. The number of piperidine rings is 1. The zero-order valence-electron chi connectivity index (χ0n) is 23.9. The molecule has 2 aromatic carbocycles. The Morgan fingerprint density at radius 1 is 1.05 bits per heavy atom. The molecule has 3 aromatic rings. The second kappa shape index (κ2) is 12.8. The predicted molar refractivity (Wildman–Crippen MR) is 152 cm³/mol. The van der Waals surface area contributed by atoms with Crippen molar-refractivity contribution in [1.82, 2.24) is 25.1 Å². The lowest BCUT2D eigenvalue weighted by molar-refractivity contribution is -0.125. The SMILES string of the molecule is COc1cc2ccc1CNC(=O)CCc1ccc(OC)c(c1)OCC(=O)N[C@@H]1CN(C(=O)c3nccn3C)CC[C@@H]1O2. The van der Waals surface area contributed by atoms with Crippen molar-refractivity contribution in [2.45, 2.75) is 38.0 Å². The number of ether oxygens (including phenoxy) is 4. The summed E-state index contributed by atoms with van der Waals surface area (Å²) in [5.74, 6) is 1.60. The summed E-state index contributed by atoms with van der Waals surface area (Å²) in [7, 11) is 4.85. The number of hydrogen-bond acceptors (Lipinski definition) is 8. The molecule has 0 aliphatic carbocycles. The third-order valence-corrected chi connectivity index (χ3v) is 7.45. The molecule has 4 heterocycles.